The Morgan fingerprint density at radius 2 is 2.00 bits per heavy atom. The maximum absolute atomic E-state index is 9.76. The van der Waals surface area contributed by atoms with Gasteiger partial charge in [-0.1, -0.05) is 18.2 Å². The molecule has 116 valence electrons. The largest absolute Gasteiger partial charge is 0.394 e. The molecule has 0 amide bonds. The van der Waals surface area contributed by atoms with Crippen LogP contribution in [-0.4, -0.2) is 37.7 Å². The lowest BCUT2D eigenvalue weighted by molar-refractivity contribution is 0.274. The Morgan fingerprint density at radius 1 is 1.09 bits per heavy atom. The zero-order valence-corrected chi connectivity index (χ0v) is 12.5. The predicted molar refractivity (Wildman–Crippen MR) is 90.4 cm³/mol. The zero-order valence-electron chi connectivity index (χ0n) is 12.5. The summed E-state index contributed by atoms with van der Waals surface area (Å²) in [5.41, 5.74) is 3.06. The summed E-state index contributed by atoms with van der Waals surface area (Å²) in [5, 5.41) is 15.2. The predicted octanol–water partition coefficient (Wildman–Crippen LogP) is 2.45. The van der Waals surface area contributed by atoms with E-state index >= 15 is 0 Å². The molecule has 4 aromatic rings. The van der Waals surface area contributed by atoms with Crippen LogP contribution in [0.25, 0.3) is 21.9 Å². The van der Waals surface area contributed by atoms with Gasteiger partial charge in [0.2, 0.25) is 0 Å². The summed E-state index contributed by atoms with van der Waals surface area (Å²) in [6.45, 7) is 0.0232. The number of aromatic amines is 2. The number of fused-ring (bicyclic) bond motifs is 2. The van der Waals surface area contributed by atoms with Crippen molar-refractivity contribution in [2.75, 3.05) is 11.9 Å². The van der Waals surface area contributed by atoms with Crippen LogP contribution in [0.5, 0.6) is 0 Å². The van der Waals surface area contributed by atoms with Crippen molar-refractivity contribution >= 4 is 27.8 Å². The minimum absolute atomic E-state index is 0.0232. The molecule has 0 aliphatic heterocycles. The fraction of sp³-hybridized carbons (Fsp3) is 0.176. The van der Waals surface area contributed by atoms with E-state index in [1.807, 2.05) is 36.7 Å². The topological polar surface area (TPSA) is 89.6 Å². The number of benzene rings is 1. The number of rotatable bonds is 5. The molecule has 0 radical (unpaired) electrons. The lowest BCUT2D eigenvalue weighted by Crippen LogP contribution is -2.26. The number of aromatic nitrogens is 4. The lowest BCUT2D eigenvalue weighted by atomic mass is 10.1. The molecular weight excluding hydrogens is 290 g/mol. The van der Waals surface area contributed by atoms with Gasteiger partial charge in [0.05, 0.1) is 18.0 Å². The average molecular weight is 307 g/mol. The Bertz CT molecular complexity index is 942. The second-order valence-electron chi connectivity index (χ2n) is 5.55. The van der Waals surface area contributed by atoms with Crippen LogP contribution in [0, 0.1) is 0 Å². The van der Waals surface area contributed by atoms with Crippen LogP contribution in [0.1, 0.15) is 5.56 Å². The number of H-pyrrole nitrogens is 2. The first-order valence-electron chi connectivity index (χ1n) is 7.55. The minimum atomic E-state index is -0.123. The highest BCUT2D eigenvalue weighted by atomic mass is 16.3. The molecule has 0 bridgehead atoms. The van der Waals surface area contributed by atoms with Crippen molar-refractivity contribution in [3.63, 3.8) is 0 Å². The van der Waals surface area contributed by atoms with Crippen molar-refractivity contribution < 1.29 is 5.11 Å². The smallest absolute Gasteiger partial charge is 0.142 e. The van der Waals surface area contributed by atoms with Gasteiger partial charge in [-0.3, -0.25) is 0 Å². The highest BCUT2D eigenvalue weighted by Crippen LogP contribution is 2.22. The van der Waals surface area contributed by atoms with E-state index in [-0.39, 0.29) is 12.6 Å². The van der Waals surface area contributed by atoms with E-state index in [1.165, 1.54) is 17.3 Å². The summed E-state index contributed by atoms with van der Waals surface area (Å²) >= 11 is 0. The number of aliphatic hydroxyl groups is 1. The number of hydrogen-bond acceptors (Lipinski definition) is 4. The highest BCUT2D eigenvalue weighted by molar-refractivity contribution is 5.87. The molecule has 3 heterocycles. The fourth-order valence-corrected chi connectivity index (χ4v) is 2.91. The molecule has 4 N–H and O–H groups in total. The molecular formula is C17H17N5O. The van der Waals surface area contributed by atoms with Crippen molar-refractivity contribution in [1.29, 1.82) is 0 Å². The van der Waals surface area contributed by atoms with Crippen LogP contribution >= 0.6 is 0 Å². The van der Waals surface area contributed by atoms with Gasteiger partial charge in [0.25, 0.3) is 0 Å². The number of aliphatic hydroxyl groups excluding tert-OH is 1. The van der Waals surface area contributed by atoms with Gasteiger partial charge in [0.15, 0.2) is 0 Å². The first kappa shape index (κ1) is 13.8. The standard InChI is InChI=1S/C17H17N5O/c23-9-12(7-11-8-19-15-4-2-1-3-13(11)15)22-17-14-5-6-18-16(14)20-10-21-17/h1-6,8,10,12,19,23H,7,9H2,(H2,18,20,21,22)/t12-/m0/s1. The van der Waals surface area contributed by atoms with Crippen LogP contribution in [0.15, 0.2) is 49.1 Å². The van der Waals surface area contributed by atoms with E-state index in [2.05, 4.69) is 31.3 Å². The highest BCUT2D eigenvalue weighted by Gasteiger charge is 2.14. The van der Waals surface area contributed by atoms with Crippen molar-refractivity contribution in [3.8, 4) is 0 Å². The molecule has 0 fully saturated rings. The number of nitrogens with zero attached hydrogens (tertiary/aromatic N) is 2. The second kappa shape index (κ2) is 5.73. The van der Waals surface area contributed by atoms with Crippen LogP contribution in [-0.2, 0) is 6.42 Å². The number of hydrogen-bond donors (Lipinski definition) is 4. The van der Waals surface area contributed by atoms with Crippen molar-refractivity contribution in [1.82, 2.24) is 19.9 Å². The Kier molecular flexibility index (Phi) is 3.44. The maximum atomic E-state index is 9.76. The van der Waals surface area contributed by atoms with E-state index in [0.29, 0.717) is 6.42 Å². The SMILES string of the molecule is OC[C@H](Cc1c[nH]c2ccccc12)Nc1ncnc2[nH]ccc12. The van der Waals surface area contributed by atoms with E-state index < -0.39 is 0 Å². The third-order valence-corrected chi connectivity index (χ3v) is 4.06. The summed E-state index contributed by atoms with van der Waals surface area (Å²) in [5.74, 6) is 0.732. The normalized spacial score (nSPS) is 12.7. The van der Waals surface area contributed by atoms with Gasteiger partial charge in [0, 0.05) is 23.3 Å². The maximum Gasteiger partial charge on any atom is 0.142 e. The molecule has 6 heteroatoms. The molecule has 0 aliphatic carbocycles. The average Bonchev–Trinajstić information content (AvgIpc) is 3.22. The van der Waals surface area contributed by atoms with Gasteiger partial charge in [-0.05, 0) is 24.1 Å². The van der Waals surface area contributed by atoms with Crippen molar-refractivity contribution in [2.45, 2.75) is 12.5 Å². The molecule has 0 saturated heterocycles. The van der Waals surface area contributed by atoms with Crippen molar-refractivity contribution in [2.24, 2.45) is 0 Å². The third-order valence-electron chi connectivity index (χ3n) is 4.06. The molecule has 23 heavy (non-hydrogen) atoms. The Morgan fingerprint density at radius 3 is 2.91 bits per heavy atom. The van der Waals surface area contributed by atoms with Gasteiger partial charge in [0.1, 0.15) is 17.8 Å². The summed E-state index contributed by atoms with van der Waals surface area (Å²) in [4.78, 5) is 14.8. The summed E-state index contributed by atoms with van der Waals surface area (Å²) < 4.78 is 0. The van der Waals surface area contributed by atoms with Gasteiger partial charge in [-0.2, -0.15) is 0 Å². The second-order valence-corrected chi connectivity index (χ2v) is 5.55. The number of nitrogens with one attached hydrogen (secondary N) is 3. The first-order chi connectivity index (χ1) is 11.3. The number of para-hydroxylation sites is 1. The molecule has 6 nitrogen and oxygen atoms in total. The van der Waals surface area contributed by atoms with E-state index in [9.17, 15) is 5.11 Å². The van der Waals surface area contributed by atoms with Gasteiger partial charge in [-0.15, -0.1) is 0 Å². The van der Waals surface area contributed by atoms with E-state index in [4.69, 9.17) is 0 Å². The Hall–Kier alpha value is -2.86. The van der Waals surface area contributed by atoms with E-state index in [0.717, 1.165) is 22.4 Å². The van der Waals surface area contributed by atoms with Crippen LogP contribution in [0.3, 0.4) is 0 Å². The quantitative estimate of drug-likeness (QED) is 0.456. The van der Waals surface area contributed by atoms with Crippen LogP contribution in [0.2, 0.25) is 0 Å². The zero-order chi connectivity index (χ0) is 15.6. The molecule has 0 spiro atoms. The van der Waals surface area contributed by atoms with Gasteiger partial charge in [-0.25, -0.2) is 9.97 Å². The first-order valence-corrected chi connectivity index (χ1v) is 7.55. The Labute approximate surface area is 132 Å². The Balaban J connectivity index is 1.60. The molecule has 0 unspecified atom stereocenters. The molecule has 3 aromatic heterocycles. The van der Waals surface area contributed by atoms with Gasteiger partial charge < -0.3 is 20.4 Å². The molecule has 0 aliphatic rings. The van der Waals surface area contributed by atoms with Crippen molar-refractivity contribution in [3.05, 3.63) is 54.6 Å². The lowest BCUT2D eigenvalue weighted by Gasteiger charge is -2.17. The van der Waals surface area contributed by atoms with Crippen LogP contribution < -0.4 is 5.32 Å². The summed E-state index contributed by atoms with van der Waals surface area (Å²) in [6.07, 6.45) is 6.05. The molecule has 4 rings (SSSR count). The summed E-state index contributed by atoms with van der Waals surface area (Å²) in [6, 6.07) is 9.97. The monoisotopic (exact) mass is 307 g/mol. The van der Waals surface area contributed by atoms with E-state index in [1.54, 1.807) is 0 Å². The van der Waals surface area contributed by atoms with Crippen LogP contribution in [0.4, 0.5) is 5.82 Å². The fourth-order valence-electron chi connectivity index (χ4n) is 2.91. The third kappa shape index (κ3) is 2.53. The summed E-state index contributed by atoms with van der Waals surface area (Å²) in [7, 11) is 0. The molecule has 1 atom stereocenters. The van der Waals surface area contributed by atoms with Gasteiger partial charge >= 0.3 is 0 Å². The minimum Gasteiger partial charge on any atom is -0.394 e. The molecule has 1 aromatic carbocycles. The molecule has 0 saturated carbocycles. The number of anilines is 1.